The molecule has 62 valence electrons. The van der Waals surface area contributed by atoms with Crippen LogP contribution in [-0.2, 0) is 0 Å². The third kappa shape index (κ3) is 2.33. The molecule has 0 spiro atoms. The van der Waals surface area contributed by atoms with Crippen molar-refractivity contribution in [2.24, 2.45) is 0 Å². The van der Waals surface area contributed by atoms with Gasteiger partial charge in [0.25, 0.3) is 0 Å². The van der Waals surface area contributed by atoms with E-state index in [1.165, 1.54) is 6.92 Å². The van der Waals surface area contributed by atoms with Gasteiger partial charge in [0.1, 0.15) is 0 Å². The van der Waals surface area contributed by atoms with E-state index in [1.807, 2.05) is 0 Å². The van der Waals surface area contributed by atoms with Crippen molar-refractivity contribution in [1.82, 2.24) is 0 Å². The maximum Gasteiger partial charge on any atom is 0.384 e. The highest BCUT2D eigenvalue weighted by atomic mass is 35.5. The Morgan fingerprint density at radius 2 is 1.60 bits per heavy atom. The average Bonchev–Trinajstić information content (AvgIpc) is 1.61. The van der Waals surface area contributed by atoms with Crippen LogP contribution in [0.5, 0.6) is 0 Å². The SMILES string of the molecule is CCCC(F)(F)C(F)(F)Cl. The summed E-state index contributed by atoms with van der Waals surface area (Å²) < 4.78 is 47.5. The molecule has 5 heteroatoms. The minimum atomic E-state index is -4.41. The summed E-state index contributed by atoms with van der Waals surface area (Å²) in [6.07, 6.45) is -0.904. The summed E-state index contributed by atoms with van der Waals surface area (Å²) in [5.74, 6) is -4.08. The zero-order chi connectivity index (χ0) is 8.41. The van der Waals surface area contributed by atoms with Crippen molar-refractivity contribution in [2.45, 2.75) is 31.1 Å². The van der Waals surface area contributed by atoms with E-state index in [1.54, 1.807) is 0 Å². The molecule has 0 aromatic carbocycles. The molecule has 0 radical (unpaired) electrons. The summed E-state index contributed by atoms with van der Waals surface area (Å²) in [6, 6.07) is 0. The molecule has 0 unspecified atom stereocenters. The summed E-state index contributed by atoms with van der Waals surface area (Å²) in [4.78, 5) is 0. The zero-order valence-electron chi connectivity index (χ0n) is 5.30. The lowest BCUT2D eigenvalue weighted by Gasteiger charge is -2.19. The van der Waals surface area contributed by atoms with Crippen LogP contribution < -0.4 is 0 Å². The van der Waals surface area contributed by atoms with Crippen LogP contribution in [0.25, 0.3) is 0 Å². The van der Waals surface area contributed by atoms with E-state index in [0.717, 1.165) is 0 Å². The molecule has 0 aromatic heterocycles. The van der Waals surface area contributed by atoms with Gasteiger partial charge in [0, 0.05) is 6.42 Å². The van der Waals surface area contributed by atoms with Crippen LogP contribution in [0.2, 0.25) is 0 Å². The normalized spacial score (nSPS) is 13.8. The first-order valence-corrected chi connectivity index (χ1v) is 3.13. The van der Waals surface area contributed by atoms with Crippen molar-refractivity contribution in [2.75, 3.05) is 0 Å². The minimum absolute atomic E-state index is 0.0185. The number of hydrogen-bond donors (Lipinski definition) is 0. The van der Waals surface area contributed by atoms with E-state index in [2.05, 4.69) is 11.6 Å². The number of rotatable bonds is 3. The quantitative estimate of drug-likeness (QED) is 0.460. The summed E-state index contributed by atoms with van der Waals surface area (Å²) in [6.45, 7) is 1.39. The molecule has 0 rings (SSSR count). The standard InChI is InChI=1S/C5H7ClF4/c1-2-3-4(7,8)5(6,9)10/h2-3H2,1H3. The van der Waals surface area contributed by atoms with Crippen molar-refractivity contribution >= 4 is 11.6 Å². The smallest absolute Gasteiger partial charge is 0.198 e. The molecule has 0 bridgehead atoms. The zero-order valence-corrected chi connectivity index (χ0v) is 6.06. The topological polar surface area (TPSA) is 0 Å². The monoisotopic (exact) mass is 178 g/mol. The highest BCUT2D eigenvalue weighted by molar-refractivity contribution is 6.22. The fourth-order valence-electron chi connectivity index (χ4n) is 0.456. The molecular formula is C5H7ClF4. The van der Waals surface area contributed by atoms with Gasteiger partial charge in [0.15, 0.2) is 0 Å². The van der Waals surface area contributed by atoms with Crippen LogP contribution in [0.15, 0.2) is 0 Å². The van der Waals surface area contributed by atoms with Gasteiger partial charge in [0.05, 0.1) is 0 Å². The van der Waals surface area contributed by atoms with E-state index >= 15 is 0 Å². The second-order valence-electron chi connectivity index (χ2n) is 1.95. The molecule has 0 saturated heterocycles. The minimum Gasteiger partial charge on any atom is -0.198 e. The Hall–Kier alpha value is 0.01000. The van der Waals surface area contributed by atoms with E-state index < -0.39 is 17.7 Å². The van der Waals surface area contributed by atoms with Crippen molar-refractivity contribution < 1.29 is 17.6 Å². The Balaban J connectivity index is 4.10. The second-order valence-corrected chi connectivity index (χ2v) is 2.43. The maximum atomic E-state index is 12.0. The summed E-state index contributed by atoms with van der Waals surface area (Å²) >= 11 is 4.12. The largest absolute Gasteiger partial charge is 0.384 e. The highest BCUT2D eigenvalue weighted by Crippen LogP contribution is 2.40. The van der Waals surface area contributed by atoms with Crippen molar-refractivity contribution in [1.29, 1.82) is 0 Å². The number of alkyl halides is 5. The summed E-state index contributed by atoms with van der Waals surface area (Å²) in [7, 11) is 0. The van der Waals surface area contributed by atoms with Crippen molar-refractivity contribution in [3.63, 3.8) is 0 Å². The van der Waals surface area contributed by atoms with Gasteiger partial charge in [-0.15, -0.1) is 0 Å². The predicted octanol–water partition coefficient (Wildman–Crippen LogP) is 3.25. The van der Waals surface area contributed by atoms with Gasteiger partial charge in [-0.3, -0.25) is 0 Å². The Morgan fingerprint density at radius 3 is 1.70 bits per heavy atom. The lowest BCUT2D eigenvalue weighted by molar-refractivity contribution is -0.161. The fourth-order valence-corrected chi connectivity index (χ4v) is 0.550. The third-order valence-corrected chi connectivity index (χ3v) is 1.26. The average molecular weight is 179 g/mol. The molecular weight excluding hydrogens is 172 g/mol. The Labute approximate surface area is 61.2 Å². The second kappa shape index (κ2) is 2.95. The Bertz CT molecular complexity index is 107. The lowest BCUT2D eigenvalue weighted by Crippen LogP contribution is -2.34. The van der Waals surface area contributed by atoms with Gasteiger partial charge in [-0.25, -0.2) is 0 Å². The van der Waals surface area contributed by atoms with E-state index in [0.29, 0.717) is 0 Å². The van der Waals surface area contributed by atoms with Gasteiger partial charge in [-0.2, -0.15) is 17.6 Å². The first-order chi connectivity index (χ1) is 4.31. The molecule has 0 heterocycles. The van der Waals surface area contributed by atoms with Crippen LogP contribution >= 0.6 is 11.6 Å². The predicted molar refractivity (Wildman–Crippen MR) is 30.7 cm³/mol. The molecule has 0 aliphatic rings. The molecule has 0 aliphatic heterocycles. The molecule has 0 fully saturated rings. The van der Waals surface area contributed by atoms with Crippen molar-refractivity contribution in [3.05, 3.63) is 0 Å². The van der Waals surface area contributed by atoms with Crippen LogP contribution in [-0.4, -0.2) is 11.3 Å². The third-order valence-electron chi connectivity index (χ3n) is 0.979. The van der Waals surface area contributed by atoms with Crippen LogP contribution in [0.1, 0.15) is 19.8 Å². The van der Waals surface area contributed by atoms with Gasteiger partial charge in [0.2, 0.25) is 0 Å². The van der Waals surface area contributed by atoms with E-state index in [-0.39, 0.29) is 6.42 Å². The summed E-state index contributed by atoms with van der Waals surface area (Å²) in [5, 5.41) is -4.41. The van der Waals surface area contributed by atoms with Gasteiger partial charge in [-0.1, -0.05) is 13.3 Å². The molecule has 10 heavy (non-hydrogen) atoms. The molecule has 0 saturated carbocycles. The van der Waals surface area contributed by atoms with Crippen LogP contribution in [0.3, 0.4) is 0 Å². The van der Waals surface area contributed by atoms with Crippen LogP contribution in [0, 0.1) is 0 Å². The molecule has 0 N–H and O–H groups in total. The van der Waals surface area contributed by atoms with Gasteiger partial charge in [-0.05, 0) is 11.6 Å². The molecule has 0 nitrogen and oxygen atoms in total. The Morgan fingerprint density at radius 1 is 1.20 bits per heavy atom. The van der Waals surface area contributed by atoms with E-state index in [4.69, 9.17) is 0 Å². The van der Waals surface area contributed by atoms with E-state index in [9.17, 15) is 17.6 Å². The molecule has 0 aliphatic carbocycles. The first-order valence-electron chi connectivity index (χ1n) is 2.76. The molecule has 0 atom stereocenters. The molecule has 0 amide bonds. The number of hydrogen-bond acceptors (Lipinski definition) is 0. The maximum absolute atomic E-state index is 12.0. The fraction of sp³-hybridized carbons (Fsp3) is 1.00. The molecule has 0 aromatic rings. The van der Waals surface area contributed by atoms with Crippen molar-refractivity contribution in [3.8, 4) is 0 Å². The van der Waals surface area contributed by atoms with Gasteiger partial charge >= 0.3 is 11.3 Å². The van der Waals surface area contributed by atoms with Crippen LogP contribution in [0.4, 0.5) is 17.6 Å². The first kappa shape index (κ1) is 10.0. The number of halogens is 5. The van der Waals surface area contributed by atoms with Gasteiger partial charge < -0.3 is 0 Å². The highest BCUT2D eigenvalue weighted by Gasteiger charge is 2.53. The summed E-state index contributed by atoms with van der Waals surface area (Å²) in [5.41, 5.74) is 0. The lowest BCUT2D eigenvalue weighted by atomic mass is 10.2. The Kier molecular flexibility index (Phi) is 2.95.